The summed E-state index contributed by atoms with van der Waals surface area (Å²) in [6.07, 6.45) is 0. The van der Waals surface area contributed by atoms with Gasteiger partial charge in [0.1, 0.15) is 0 Å². The summed E-state index contributed by atoms with van der Waals surface area (Å²) >= 11 is 1.79. The molecule has 0 amide bonds. The van der Waals surface area contributed by atoms with Gasteiger partial charge < -0.3 is 0 Å². The zero-order chi connectivity index (χ0) is 10.3. The minimum absolute atomic E-state index is 0. The molecule has 0 aliphatic heterocycles. The summed E-state index contributed by atoms with van der Waals surface area (Å²) in [5, 5.41) is 1.37. The zero-order valence-corrected chi connectivity index (χ0v) is 13.2. The smallest absolute Gasteiger partial charge is 0 e. The molecule has 0 aliphatic rings. The maximum Gasteiger partial charge on any atom is 0 e. The summed E-state index contributed by atoms with van der Waals surface area (Å²) in [7, 11) is 0. The third-order valence-electron chi connectivity index (χ3n) is 2.42. The Morgan fingerprint density at radius 2 is 2.00 bits per heavy atom. The van der Waals surface area contributed by atoms with Crippen LogP contribution in [-0.4, -0.2) is 6.91 Å². The van der Waals surface area contributed by atoms with Crippen LogP contribution in [0.25, 0.3) is 9.98 Å². The SMILES string of the molecule is [CH2-]c1sc2bcccc2c1C(C)(C)C.[Y]. The van der Waals surface area contributed by atoms with Crippen molar-refractivity contribution in [3.63, 3.8) is 0 Å². The standard InChI is InChI=1S/C12H14BS.Y/c1-8-10(12(2,3)4)9-6-5-7-13-11(9)14-8;/h5-7H,1H2,2-4H3;/q-1;. The van der Waals surface area contributed by atoms with Gasteiger partial charge in [0.15, 0.2) is 0 Å². The first-order valence-corrected chi connectivity index (χ1v) is 5.66. The molecule has 2 heterocycles. The van der Waals surface area contributed by atoms with Crippen molar-refractivity contribution in [1.82, 2.24) is 0 Å². The van der Waals surface area contributed by atoms with E-state index in [2.05, 4.69) is 52.7 Å². The van der Waals surface area contributed by atoms with Crippen molar-refractivity contribution in [2.75, 3.05) is 0 Å². The molecule has 0 saturated carbocycles. The first kappa shape index (κ1) is 13.4. The molecule has 0 bridgehead atoms. The summed E-state index contributed by atoms with van der Waals surface area (Å²) in [6, 6.07) is 4.30. The van der Waals surface area contributed by atoms with Gasteiger partial charge in [0.05, 0.1) is 0 Å². The molecule has 0 N–H and O–H groups in total. The molecule has 0 saturated heterocycles. The van der Waals surface area contributed by atoms with Crippen molar-refractivity contribution in [3.8, 4) is 0 Å². The van der Waals surface area contributed by atoms with E-state index < -0.39 is 0 Å². The Morgan fingerprint density at radius 3 is 2.60 bits per heavy atom. The van der Waals surface area contributed by atoms with Gasteiger partial charge in [0.25, 0.3) is 0 Å². The molecule has 0 nitrogen and oxygen atoms in total. The molecule has 0 spiro atoms. The Bertz CT molecular complexity index is 468. The molecule has 0 atom stereocenters. The maximum absolute atomic E-state index is 4.14. The summed E-state index contributed by atoms with van der Waals surface area (Å²) in [5.74, 6) is 2.09. The third kappa shape index (κ3) is 2.54. The summed E-state index contributed by atoms with van der Waals surface area (Å²) < 4.78 is 1.35. The van der Waals surface area contributed by atoms with Gasteiger partial charge in [0.2, 0.25) is 0 Å². The van der Waals surface area contributed by atoms with Gasteiger partial charge in [-0.3, -0.25) is 0 Å². The topological polar surface area (TPSA) is 0 Å². The van der Waals surface area contributed by atoms with Crippen molar-refractivity contribution in [3.05, 3.63) is 35.5 Å². The Morgan fingerprint density at radius 1 is 1.33 bits per heavy atom. The number of hydrogen-bond acceptors (Lipinski definition) is 1. The van der Waals surface area contributed by atoms with E-state index in [1.165, 1.54) is 20.4 Å². The minimum atomic E-state index is 0. The number of rotatable bonds is 0. The van der Waals surface area contributed by atoms with Crippen LogP contribution in [0.15, 0.2) is 18.1 Å². The molecule has 0 unspecified atom stereocenters. The molecule has 2 aromatic heterocycles. The number of hydrogen-bond donors (Lipinski definition) is 0. The quantitative estimate of drug-likeness (QED) is 0.649. The maximum atomic E-state index is 4.14. The van der Waals surface area contributed by atoms with Crippen LogP contribution in [0.5, 0.6) is 0 Å². The van der Waals surface area contributed by atoms with E-state index in [-0.39, 0.29) is 38.1 Å². The Labute approximate surface area is 122 Å². The monoisotopic (exact) mass is 290 g/mol. The zero-order valence-electron chi connectivity index (χ0n) is 9.50. The normalized spacial score (nSPS) is 11.1. The molecule has 1 radical (unpaired) electrons. The predicted molar refractivity (Wildman–Crippen MR) is 66.3 cm³/mol. The third-order valence-corrected chi connectivity index (χ3v) is 3.44. The van der Waals surface area contributed by atoms with E-state index in [1.54, 1.807) is 11.3 Å². The van der Waals surface area contributed by atoms with Crippen LogP contribution in [0.4, 0.5) is 0 Å². The molecular formula is C12H14BSY-. The van der Waals surface area contributed by atoms with Gasteiger partial charge in [-0.2, -0.15) is 0 Å². The van der Waals surface area contributed by atoms with E-state index in [1.807, 2.05) is 0 Å². The van der Waals surface area contributed by atoms with Gasteiger partial charge in [-0.1, -0.05) is 0 Å². The van der Waals surface area contributed by atoms with Crippen molar-refractivity contribution in [1.29, 1.82) is 0 Å². The van der Waals surface area contributed by atoms with Crippen LogP contribution >= 0.6 is 11.3 Å². The average molecular weight is 290 g/mol. The van der Waals surface area contributed by atoms with E-state index >= 15 is 0 Å². The fraction of sp³-hybridized carbons (Fsp3) is 0.333. The van der Waals surface area contributed by atoms with Gasteiger partial charge in [0, 0.05) is 32.7 Å². The van der Waals surface area contributed by atoms with Crippen LogP contribution in [0.3, 0.4) is 0 Å². The van der Waals surface area contributed by atoms with Crippen LogP contribution in [0.1, 0.15) is 31.2 Å². The Kier molecular flexibility index (Phi) is 4.19. The summed E-state index contributed by atoms with van der Waals surface area (Å²) in [6.45, 7) is 13.1. The average Bonchev–Trinajstić information content (AvgIpc) is 2.38. The summed E-state index contributed by atoms with van der Waals surface area (Å²) in [4.78, 5) is 1.21. The van der Waals surface area contributed by atoms with E-state index in [0.29, 0.717) is 0 Å². The molecule has 0 fully saturated rings. The summed E-state index contributed by atoms with van der Waals surface area (Å²) in [5.41, 5.74) is 1.59. The molecular weight excluding hydrogens is 276 g/mol. The largest absolute Gasteiger partial charge is 0 e. The van der Waals surface area contributed by atoms with Gasteiger partial charge in [-0.15, -0.1) is 0 Å². The van der Waals surface area contributed by atoms with Crippen molar-refractivity contribution >= 4 is 28.2 Å². The Balaban J connectivity index is 0.00000112. The molecule has 75 valence electrons. The molecule has 15 heavy (non-hydrogen) atoms. The van der Waals surface area contributed by atoms with Crippen LogP contribution in [0, 0.1) is 6.92 Å². The van der Waals surface area contributed by atoms with E-state index in [0.717, 1.165) is 0 Å². The molecule has 0 aromatic carbocycles. The second kappa shape index (κ2) is 4.69. The number of fused-ring (bicyclic) bond motifs is 1. The van der Waals surface area contributed by atoms with E-state index in [4.69, 9.17) is 0 Å². The van der Waals surface area contributed by atoms with Crippen molar-refractivity contribution in [2.45, 2.75) is 26.2 Å². The second-order valence-corrected chi connectivity index (χ2v) is 5.78. The van der Waals surface area contributed by atoms with Crippen molar-refractivity contribution in [2.24, 2.45) is 0 Å². The van der Waals surface area contributed by atoms with Crippen LogP contribution < -0.4 is 0 Å². The van der Waals surface area contributed by atoms with Crippen molar-refractivity contribution < 1.29 is 32.7 Å². The second-order valence-electron chi connectivity index (χ2n) is 4.65. The Hall–Kier alpha value is 0.349. The molecule has 3 heteroatoms. The van der Waals surface area contributed by atoms with Crippen LogP contribution in [-0.2, 0) is 38.1 Å². The molecule has 2 aromatic rings. The van der Waals surface area contributed by atoms with Gasteiger partial charge in [-0.25, -0.2) is 0 Å². The van der Waals surface area contributed by atoms with Crippen LogP contribution in [0.2, 0.25) is 0 Å². The number of thiophene rings is 1. The van der Waals surface area contributed by atoms with Gasteiger partial charge >= 0.3 is 89.9 Å². The van der Waals surface area contributed by atoms with Gasteiger partial charge in [-0.05, 0) is 0 Å². The fourth-order valence-corrected chi connectivity index (χ4v) is 3.13. The first-order valence-electron chi connectivity index (χ1n) is 4.84. The fourth-order valence-electron chi connectivity index (χ4n) is 1.92. The minimum Gasteiger partial charge on any atom is 0 e. The first-order chi connectivity index (χ1) is 6.50. The molecule has 2 rings (SSSR count). The molecule has 0 aliphatic carbocycles. The predicted octanol–water partition coefficient (Wildman–Crippen LogP) is 3.72. The van der Waals surface area contributed by atoms with E-state index in [9.17, 15) is 0 Å².